The molecule has 2 N–H and O–H groups in total. The van der Waals surface area contributed by atoms with Crippen LogP contribution in [0.5, 0.6) is 0 Å². The Morgan fingerprint density at radius 2 is 1.53 bits per heavy atom. The largest absolute Gasteiger partial charge is 0.481 e. The summed E-state index contributed by atoms with van der Waals surface area (Å²) >= 11 is 1.07. The molecule has 0 saturated heterocycles. The van der Waals surface area contributed by atoms with Crippen LogP contribution in [-0.2, 0) is 23.7 Å². The van der Waals surface area contributed by atoms with Gasteiger partial charge in [-0.3, -0.25) is 9.59 Å². The summed E-state index contributed by atoms with van der Waals surface area (Å²) in [5.41, 5.74) is 0.863. The van der Waals surface area contributed by atoms with E-state index in [1.165, 1.54) is 11.0 Å². The van der Waals surface area contributed by atoms with Crippen LogP contribution in [0.3, 0.4) is 0 Å². The Morgan fingerprint density at radius 3 is 2.11 bits per heavy atom. The van der Waals surface area contributed by atoms with E-state index in [9.17, 15) is 35.9 Å². The van der Waals surface area contributed by atoms with Gasteiger partial charge in [-0.15, -0.1) is 11.3 Å². The molecule has 5 rings (SSSR count). The maximum atomic E-state index is 13.5. The predicted octanol–water partition coefficient (Wildman–Crippen LogP) is 9.35. The molecule has 13 heteroatoms. The van der Waals surface area contributed by atoms with Crippen LogP contribution in [0, 0.1) is 0 Å². The Labute approximate surface area is 270 Å². The number of hydrogen-bond donors (Lipinski definition) is 2. The van der Waals surface area contributed by atoms with Crippen LogP contribution in [-0.4, -0.2) is 28.5 Å². The summed E-state index contributed by atoms with van der Waals surface area (Å²) in [4.78, 5) is 29.4. The van der Waals surface area contributed by atoms with E-state index in [0.29, 0.717) is 28.5 Å². The number of nitrogens with one attached hydrogen (secondary N) is 1. The lowest BCUT2D eigenvalue weighted by Crippen LogP contribution is -2.26. The van der Waals surface area contributed by atoms with Crippen LogP contribution in [0.15, 0.2) is 78.2 Å². The van der Waals surface area contributed by atoms with Gasteiger partial charge in [0, 0.05) is 28.7 Å². The number of nitrogens with zero attached hydrogens (tertiary/aromatic N) is 2. The first-order valence-electron chi connectivity index (χ1n) is 14.7. The minimum atomic E-state index is -4.99. The first-order chi connectivity index (χ1) is 22.3. The number of hydrogen-bond acceptors (Lipinski definition) is 5. The minimum Gasteiger partial charge on any atom is -0.481 e. The Kier molecular flexibility index (Phi) is 10.0. The molecule has 4 aromatic rings. The van der Waals surface area contributed by atoms with Crippen LogP contribution < -0.4 is 10.2 Å². The van der Waals surface area contributed by atoms with Crippen molar-refractivity contribution in [3.05, 3.63) is 106 Å². The number of anilines is 2. The number of carbonyl (C=O) groups is 2. The molecule has 0 bridgehead atoms. The molecule has 0 aliphatic heterocycles. The number of rotatable bonds is 10. The van der Waals surface area contributed by atoms with E-state index >= 15 is 0 Å². The second-order valence-corrected chi connectivity index (χ2v) is 11.9. The van der Waals surface area contributed by atoms with Crippen molar-refractivity contribution in [3.63, 3.8) is 0 Å². The predicted molar refractivity (Wildman–Crippen MR) is 167 cm³/mol. The number of amides is 1. The molecule has 1 aromatic heterocycles. The lowest BCUT2D eigenvalue weighted by atomic mass is 9.93. The quantitative estimate of drug-likeness (QED) is 0.164. The standard InChI is InChI=1S/C34H29F6N3O3S/c35-33(36,37)26-16-25(17-27(18-26)34(38,39)40)29-20-47-32(42-29)43(28-12-10-23(11-13-28)22-4-2-1-3-5-22)19-21-6-8-24(9-7-21)31(46)41-15-14-30(44)45/h4,6-13,16-18,20H,1-3,5,14-15,19H2,(H,41,46)(H,44,45). The molecule has 1 aliphatic rings. The van der Waals surface area contributed by atoms with Crippen molar-refractivity contribution >= 4 is 39.6 Å². The monoisotopic (exact) mass is 673 g/mol. The fraction of sp³-hybridized carbons (Fsp3) is 0.265. The van der Waals surface area contributed by atoms with E-state index < -0.39 is 35.4 Å². The van der Waals surface area contributed by atoms with Crippen molar-refractivity contribution in [1.29, 1.82) is 0 Å². The molecule has 0 fully saturated rings. The number of benzene rings is 3. The Hall–Kier alpha value is -4.65. The summed E-state index contributed by atoms with van der Waals surface area (Å²) in [6.07, 6.45) is -3.78. The molecule has 6 nitrogen and oxygen atoms in total. The van der Waals surface area contributed by atoms with Gasteiger partial charge < -0.3 is 15.3 Å². The van der Waals surface area contributed by atoms with Gasteiger partial charge in [-0.1, -0.05) is 30.3 Å². The van der Waals surface area contributed by atoms with E-state index in [-0.39, 0.29) is 36.8 Å². The summed E-state index contributed by atoms with van der Waals surface area (Å²) in [5.74, 6) is -1.48. The number of thiazole rings is 1. The van der Waals surface area contributed by atoms with Crippen molar-refractivity contribution in [2.24, 2.45) is 0 Å². The average molecular weight is 674 g/mol. The minimum absolute atomic E-state index is 0.0285. The van der Waals surface area contributed by atoms with Crippen molar-refractivity contribution in [3.8, 4) is 11.3 Å². The number of alkyl halides is 6. The Balaban J connectivity index is 1.47. The fourth-order valence-corrected chi connectivity index (χ4v) is 6.03. The number of carboxylic acids is 1. The molecular formula is C34H29F6N3O3S. The van der Waals surface area contributed by atoms with Crippen molar-refractivity contribution in [2.45, 2.75) is 51.0 Å². The van der Waals surface area contributed by atoms with E-state index in [1.807, 2.05) is 24.3 Å². The summed E-state index contributed by atoms with van der Waals surface area (Å²) in [6.45, 7) is 0.186. The molecule has 0 atom stereocenters. The number of aromatic nitrogens is 1. The zero-order valence-corrected chi connectivity index (χ0v) is 25.6. The highest BCUT2D eigenvalue weighted by molar-refractivity contribution is 7.14. The van der Waals surface area contributed by atoms with Gasteiger partial charge in [0.15, 0.2) is 5.13 Å². The maximum Gasteiger partial charge on any atom is 0.416 e. The molecule has 0 saturated carbocycles. The molecule has 0 spiro atoms. The molecule has 246 valence electrons. The van der Waals surface area contributed by atoms with Crippen LogP contribution in [0.4, 0.5) is 37.2 Å². The van der Waals surface area contributed by atoms with E-state index in [2.05, 4.69) is 16.4 Å². The summed E-state index contributed by atoms with van der Waals surface area (Å²) < 4.78 is 81.2. The molecule has 0 radical (unpaired) electrons. The van der Waals surface area contributed by atoms with Crippen molar-refractivity contribution in [1.82, 2.24) is 10.3 Å². The number of allylic oxidation sites excluding steroid dienone is 2. The topological polar surface area (TPSA) is 82.5 Å². The van der Waals surface area contributed by atoms with Crippen LogP contribution >= 0.6 is 11.3 Å². The average Bonchev–Trinajstić information content (AvgIpc) is 3.53. The Morgan fingerprint density at radius 1 is 0.872 bits per heavy atom. The van der Waals surface area contributed by atoms with Gasteiger partial charge in [-0.05, 0) is 84.8 Å². The molecule has 0 unspecified atom stereocenters. The third-order valence-electron chi connectivity index (χ3n) is 7.63. The second-order valence-electron chi connectivity index (χ2n) is 11.0. The smallest absolute Gasteiger partial charge is 0.416 e. The summed E-state index contributed by atoms with van der Waals surface area (Å²) in [5, 5.41) is 13.1. The third kappa shape index (κ3) is 8.59. The second kappa shape index (κ2) is 14.0. The molecule has 1 amide bonds. The lowest BCUT2D eigenvalue weighted by molar-refractivity contribution is -0.143. The molecule has 1 heterocycles. The highest BCUT2D eigenvalue weighted by Crippen LogP contribution is 2.40. The number of halogens is 6. The highest BCUT2D eigenvalue weighted by Gasteiger charge is 2.37. The zero-order valence-electron chi connectivity index (χ0n) is 24.8. The van der Waals surface area contributed by atoms with Gasteiger partial charge >= 0.3 is 18.3 Å². The lowest BCUT2D eigenvalue weighted by Gasteiger charge is -2.23. The van der Waals surface area contributed by atoms with Gasteiger partial charge in [0.25, 0.3) is 5.91 Å². The fourth-order valence-electron chi connectivity index (χ4n) is 5.18. The molecule has 1 aliphatic carbocycles. The van der Waals surface area contributed by atoms with Gasteiger partial charge in [0.1, 0.15) is 0 Å². The van der Waals surface area contributed by atoms with E-state index in [0.717, 1.165) is 48.1 Å². The van der Waals surface area contributed by atoms with Crippen molar-refractivity contribution in [2.75, 3.05) is 11.4 Å². The number of aliphatic carboxylic acids is 1. The molecular weight excluding hydrogens is 644 g/mol. The van der Waals surface area contributed by atoms with E-state index in [4.69, 9.17) is 5.11 Å². The van der Waals surface area contributed by atoms with E-state index in [1.54, 1.807) is 29.2 Å². The summed E-state index contributed by atoms with van der Waals surface area (Å²) in [7, 11) is 0. The maximum absolute atomic E-state index is 13.5. The SMILES string of the molecule is O=C(O)CCNC(=O)c1ccc(CN(c2ccc(C3=CCCCC3)cc2)c2nc(-c3cc(C(F)(F)F)cc(C(F)(F)F)c3)cs2)cc1. The van der Waals surface area contributed by atoms with Crippen LogP contribution in [0.25, 0.3) is 16.8 Å². The van der Waals surface area contributed by atoms with Crippen LogP contribution in [0.2, 0.25) is 0 Å². The number of carbonyl (C=O) groups excluding carboxylic acids is 1. The Bertz CT molecular complexity index is 1730. The molecule has 3 aromatic carbocycles. The first kappa shape index (κ1) is 33.7. The number of carboxylic acid groups (broad SMARTS) is 1. The van der Waals surface area contributed by atoms with Gasteiger partial charge in [-0.2, -0.15) is 26.3 Å². The van der Waals surface area contributed by atoms with Gasteiger partial charge in [-0.25, -0.2) is 4.98 Å². The molecule has 47 heavy (non-hydrogen) atoms. The third-order valence-corrected chi connectivity index (χ3v) is 8.49. The van der Waals surface area contributed by atoms with Crippen LogP contribution in [0.1, 0.15) is 64.7 Å². The van der Waals surface area contributed by atoms with Crippen molar-refractivity contribution < 1.29 is 41.0 Å². The normalized spacial score (nSPS) is 13.6. The van der Waals surface area contributed by atoms with Gasteiger partial charge in [0.05, 0.1) is 29.8 Å². The van der Waals surface area contributed by atoms with Gasteiger partial charge in [0.2, 0.25) is 0 Å². The first-order valence-corrected chi connectivity index (χ1v) is 15.6. The highest BCUT2D eigenvalue weighted by atomic mass is 32.1. The zero-order chi connectivity index (χ0) is 33.8. The summed E-state index contributed by atoms with van der Waals surface area (Å²) in [6, 6.07) is 15.7.